The Morgan fingerprint density at radius 3 is 1.54 bits per heavy atom. The van der Waals surface area contributed by atoms with Crippen LogP contribution in [0.3, 0.4) is 0 Å². The van der Waals surface area contributed by atoms with Crippen molar-refractivity contribution in [3.63, 3.8) is 0 Å². The minimum atomic E-state index is -0.732. The van der Waals surface area contributed by atoms with Crippen LogP contribution in [0.1, 0.15) is 39.5 Å². The van der Waals surface area contributed by atoms with Crippen molar-refractivity contribution in [2.24, 2.45) is 0 Å². The fourth-order valence-electron chi connectivity index (χ4n) is 2.79. The van der Waals surface area contributed by atoms with Crippen LogP contribution in [-0.2, 0) is 28.7 Å². The summed E-state index contributed by atoms with van der Waals surface area (Å²) in [5.74, 6) is -1.57. The normalized spacial score (nSPS) is 20.6. The lowest BCUT2D eigenvalue weighted by Crippen LogP contribution is -2.37. The highest BCUT2D eigenvalue weighted by atomic mass is 16.6. The summed E-state index contributed by atoms with van der Waals surface area (Å²) < 4.78 is 10.2. The summed E-state index contributed by atoms with van der Waals surface area (Å²) in [6, 6.07) is 0. The van der Waals surface area contributed by atoms with Gasteiger partial charge in [0, 0.05) is 38.1 Å². The fourth-order valence-corrected chi connectivity index (χ4v) is 2.79. The number of carbonyl (C=O) groups is 4. The molecule has 2 saturated heterocycles. The lowest BCUT2D eigenvalue weighted by molar-refractivity contribution is -0.159. The Morgan fingerprint density at radius 2 is 1.25 bits per heavy atom. The Morgan fingerprint density at radius 1 is 0.875 bits per heavy atom. The first kappa shape index (κ1) is 18.0. The van der Waals surface area contributed by atoms with E-state index in [4.69, 9.17) is 9.47 Å². The third-order valence-corrected chi connectivity index (χ3v) is 4.03. The van der Waals surface area contributed by atoms with Gasteiger partial charge >= 0.3 is 11.9 Å². The predicted molar refractivity (Wildman–Crippen MR) is 82.1 cm³/mol. The van der Waals surface area contributed by atoms with Crippen LogP contribution < -0.4 is 0 Å². The first-order chi connectivity index (χ1) is 11.4. The molecule has 2 aliphatic heterocycles. The highest BCUT2D eigenvalue weighted by molar-refractivity contribution is 5.92. The maximum absolute atomic E-state index is 11.7. The molecule has 0 aromatic rings. The molecular weight excluding hydrogens is 316 g/mol. The summed E-state index contributed by atoms with van der Waals surface area (Å²) in [5.41, 5.74) is 0. The minimum absolute atomic E-state index is 0.0530. The van der Waals surface area contributed by atoms with Crippen LogP contribution in [-0.4, -0.2) is 59.1 Å². The number of rotatable bonds is 6. The molecule has 132 valence electrons. The zero-order chi connectivity index (χ0) is 17.7. The average Bonchev–Trinajstić information content (AvgIpc) is 3.13. The Kier molecular flexibility index (Phi) is 5.94. The number of nitrogens with zero attached hydrogens (tertiary/aromatic N) is 2. The van der Waals surface area contributed by atoms with Gasteiger partial charge in [0.2, 0.25) is 11.8 Å². The van der Waals surface area contributed by atoms with Crippen LogP contribution in [0.4, 0.5) is 0 Å². The van der Waals surface area contributed by atoms with Crippen molar-refractivity contribution in [3.8, 4) is 0 Å². The molecule has 0 aromatic carbocycles. The maximum atomic E-state index is 11.7. The second-order valence-corrected chi connectivity index (χ2v) is 5.79. The largest absolute Gasteiger partial charge is 0.439 e. The summed E-state index contributed by atoms with van der Waals surface area (Å²) >= 11 is 0. The molecule has 2 atom stereocenters. The van der Waals surface area contributed by atoms with Gasteiger partial charge < -0.3 is 19.3 Å². The zero-order valence-electron chi connectivity index (χ0n) is 13.9. The van der Waals surface area contributed by atoms with E-state index in [-0.39, 0.29) is 11.8 Å². The van der Waals surface area contributed by atoms with E-state index in [2.05, 4.69) is 0 Å². The molecule has 2 amide bonds. The van der Waals surface area contributed by atoms with Crippen LogP contribution in [0.15, 0.2) is 12.2 Å². The van der Waals surface area contributed by atoms with Crippen molar-refractivity contribution in [2.75, 3.05) is 13.1 Å². The number of amides is 2. The molecule has 2 unspecified atom stereocenters. The molecule has 0 saturated carbocycles. The standard InChI is InChI=1S/C16H22N2O6/c1-11(17-9-3-5-13(17)19)23-15(21)7-8-16(22)24-12(2)18-10-4-6-14(18)20/h7-8,11-12H,3-6,9-10H2,1-2H3. The molecule has 2 rings (SSSR count). The Labute approximate surface area is 140 Å². The topological polar surface area (TPSA) is 93.2 Å². The van der Waals surface area contributed by atoms with Gasteiger partial charge in [-0.15, -0.1) is 0 Å². The fraction of sp³-hybridized carbons (Fsp3) is 0.625. The third-order valence-electron chi connectivity index (χ3n) is 4.03. The average molecular weight is 338 g/mol. The minimum Gasteiger partial charge on any atom is -0.439 e. The number of esters is 2. The first-order valence-corrected chi connectivity index (χ1v) is 8.06. The van der Waals surface area contributed by atoms with Gasteiger partial charge in [-0.2, -0.15) is 0 Å². The van der Waals surface area contributed by atoms with E-state index >= 15 is 0 Å². The number of ether oxygens (including phenoxy) is 2. The Hall–Kier alpha value is -2.38. The van der Waals surface area contributed by atoms with Gasteiger partial charge in [0.05, 0.1) is 0 Å². The molecule has 2 heterocycles. The molecule has 2 fully saturated rings. The van der Waals surface area contributed by atoms with Crippen LogP contribution in [0.2, 0.25) is 0 Å². The summed E-state index contributed by atoms with van der Waals surface area (Å²) in [5, 5.41) is 0. The number of hydrogen-bond acceptors (Lipinski definition) is 6. The zero-order valence-corrected chi connectivity index (χ0v) is 13.9. The van der Waals surface area contributed by atoms with Crippen LogP contribution >= 0.6 is 0 Å². The van der Waals surface area contributed by atoms with Crippen molar-refractivity contribution < 1.29 is 28.7 Å². The summed E-state index contributed by atoms with van der Waals surface area (Å²) in [4.78, 5) is 49.4. The van der Waals surface area contributed by atoms with Gasteiger partial charge in [-0.05, 0) is 26.7 Å². The number of hydrogen-bond donors (Lipinski definition) is 0. The molecule has 8 heteroatoms. The van der Waals surface area contributed by atoms with Gasteiger partial charge in [-0.25, -0.2) is 9.59 Å². The summed E-state index contributed by atoms with van der Waals surface area (Å²) in [6.45, 7) is 4.32. The van der Waals surface area contributed by atoms with Gasteiger partial charge in [0.15, 0.2) is 12.5 Å². The second-order valence-electron chi connectivity index (χ2n) is 5.79. The number of likely N-dealkylation sites (tertiary alicyclic amines) is 2. The van der Waals surface area contributed by atoms with E-state index in [1.807, 2.05) is 0 Å². The van der Waals surface area contributed by atoms with Crippen LogP contribution in [0.5, 0.6) is 0 Å². The number of carbonyl (C=O) groups excluding carboxylic acids is 4. The summed E-state index contributed by atoms with van der Waals surface area (Å²) in [7, 11) is 0. The van der Waals surface area contributed by atoms with Gasteiger partial charge in [0.1, 0.15) is 0 Å². The maximum Gasteiger partial charge on any atom is 0.332 e. The van der Waals surface area contributed by atoms with E-state index < -0.39 is 24.4 Å². The Balaban J connectivity index is 1.77. The van der Waals surface area contributed by atoms with E-state index in [1.165, 1.54) is 9.80 Å². The second kappa shape index (κ2) is 7.94. The third kappa shape index (κ3) is 4.56. The van der Waals surface area contributed by atoms with Gasteiger partial charge in [0.25, 0.3) is 0 Å². The molecule has 24 heavy (non-hydrogen) atoms. The monoisotopic (exact) mass is 338 g/mol. The summed E-state index contributed by atoms with van der Waals surface area (Å²) in [6.07, 6.45) is 2.97. The van der Waals surface area contributed by atoms with Gasteiger partial charge in [-0.3, -0.25) is 9.59 Å². The molecule has 0 radical (unpaired) electrons. The smallest absolute Gasteiger partial charge is 0.332 e. The highest BCUT2D eigenvalue weighted by Gasteiger charge is 2.28. The van der Waals surface area contributed by atoms with Crippen LogP contribution in [0.25, 0.3) is 0 Å². The van der Waals surface area contributed by atoms with Crippen LogP contribution in [0, 0.1) is 0 Å². The van der Waals surface area contributed by atoms with Crippen molar-refractivity contribution in [2.45, 2.75) is 52.0 Å². The first-order valence-electron chi connectivity index (χ1n) is 8.06. The Bertz CT molecular complexity index is 511. The quantitative estimate of drug-likeness (QED) is 0.519. The van der Waals surface area contributed by atoms with Crippen molar-refractivity contribution in [1.82, 2.24) is 9.80 Å². The molecular formula is C16H22N2O6. The van der Waals surface area contributed by atoms with E-state index in [0.717, 1.165) is 25.0 Å². The molecule has 0 spiro atoms. The van der Waals surface area contributed by atoms with E-state index in [1.54, 1.807) is 13.8 Å². The lowest BCUT2D eigenvalue weighted by Gasteiger charge is -2.23. The van der Waals surface area contributed by atoms with Crippen molar-refractivity contribution >= 4 is 23.8 Å². The van der Waals surface area contributed by atoms with Crippen molar-refractivity contribution in [1.29, 1.82) is 0 Å². The predicted octanol–water partition coefficient (Wildman–Crippen LogP) is 0.566. The van der Waals surface area contributed by atoms with E-state index in [0.29, 0.717) is 25.9 Å². The van der Waals surface area contributed by atoms with Crippen molar-refractivity contribution in [3.05, 3.63) is 12.2 Å². The molecule has 0 bridgehead atoms. The molecule has 0 aliphatic carbocycles. The SMILES string of the molecule is CC(OC(=O)C=CC(=O)OC(C)N1CCCC1=O)N1CCCC1=O. The molecule has 8 nitrogen and oxygen atoms in total. The molecule has 0 aromatic heterocycles. The lowest BCUT2D eigenvalue weighted by atomic mass is 10.4. The van der Waals surface area contributed by atoms with E-state index in [9.17, 15) is 19.2 Å². The van der Waals surface area contributed by atoms with Gasteiger partial charge in [-0.1, -0.05) is 0 Å². The molecule has 0 N–H and O–H groups in total. The highest BCUT2D eigenvalue weighted by Crippen LogP contribution is 2.15. The molecule has 2 aliphatic rings.